The number of carbonyl (C=O) groups excluding carboxylic acids is 1. The van der Waals surface area contributed by atoms with Crippen LogP contribution in [0.2, 0.25) is 0 Å². The van der Waals surface area contributed by atoms with Crippen LogP contribution in [0.4, 0.5) is 18.0 Å². The maximum Gasteiger partial charge on any atom is 0.525 e. The van der Waals surface area contributed by atoms with Gasteiger partial charge in [-0.1, -0.05) is 79.6 Å². The van der Waals surface area contributed by atoms with E-state index >= 15 is 0 Å². The minimum absolute atomic E-state index is 0.190. The number of unbranched alkanes of at least 4 members (excludes halogenated alkanes) is 3. The Morgan fingerprint density at radius 3 is 1.62 bits per heavy atom. The van der Waals surface area contributed by atoms with Crippen molar-refractivity contribution in [2.24, 2.45) is 11.8 Å². The van der Waals surface area contributed by atoms with Crippen LogP contribution < -0.4 is 0 Å². The van der Waals surface area contributed by atoms with Crippen molar-refractivity contribution in [1.82, 2.24) is 9.96 Å². The van der Waals surface area contributed by atoms with Crippen molar-refractivity contribution in [3.05, 3.63) is 0 Å². The first-order valence-electron chi connectivity index (χ1n) is 12.0. The number of amides is 2. The first-order chi connectivity index (χ1) is 15.0. The number of carbonyl (C=O) groups is 1. The smallest absolute Gasteiger partial charge is 0.322 e. The molecule has 0 heterocycles. The number of halogens is 3. The Morgan fingerprint density at radius 2 is 1.28 bits per heavy atom. The topological polar surface area (TPSA) is 66.9 Å². The van der Waals surface area contributed by atoms with E-state index in [0.717, 1.165) is 51.4 Å². The molecule has 0 fully saturated rings. The molecule has 0 aromatic heterocycles. The summed E-state index contributed by atoms with van der Waals surface area (Å²) in [5.41, 5.74) is -5.59. The molecule has 2 atom stereocenters. The third-order valence-electron chi connectivity index (χ3n) is 5.71. The van der Waals surface area contributed by atoms with Crippen molar-refractivity contribution >= 4 is 16.1 Å². The van der Waals surface area contributed by atoms with Gasteiger partial charge in [0.25, 0.3) is 0 Å². The summed E-state index contributed by atoms with van der Waals surface area (Å²) in [5.74, 6) is 0.379. The van der Waals surface area contributed by atoms with Crippen LogP contribution in [0.25, 0.3) is 0 Å². The lowest BCUT2D eigenvalue weighted by Gasteiger charge is -2.34. The monoisotopic (exact) mass is 488 g/mol. The van der Waals surface area contributed by atoms with Gasteiger partial charge in [0.05, 0.1) is 6.54 Å². The highest BCUT2D eigenvalue weighted by molar-refractivity contribution is 7.87. The van der Waals surface area contributed by atoms with E-state index in [9.17, 15) is 26.4 Å². The summed E-state index contributed by atoms with van der Waals surface area (Å²) in [6.45, 7) is 10.5. The molecule has 0 saturated carbocycles. The zero-order valence-electron chi connectivity index (χ0n) is 20.4. The molecule has 0 spiro atoms. The molecular weight excluding hydrogens is 445 g/mol. The highest BCUT2D eigenvalue weighted by Gasteiger charge is 2.50. The predicted octanol–water partition coefficient (Wildman–Crippen LogP) is 6.72. The van der Waals surface area contributed by atoms with Gasteiger partial charge >= 0.3 is 21.7 Å². The second kappa shape index (κ2) is 15.7. The van der Waals surface area contributed by atoms with Gasteiger partial charge in [0.1, 0.15) is 0 Å². The summed E-state index contributed by atoms with van der Waals surface area (Å²) in [6, 6.07) is -0.809. The molecule has 0 aromatic rings. The fourth-order valence-corrected chi connectivity index (χ4v) is 3.93. The van der Waals surface area contributed by atoms with Gasteiger partial charge in [-0.15, -0.1) is 4.28 Å². The van der Waals surface area contributed by atoms with Crippen LogP contribution in [0.5, 0.6) is 0 Å². The molecule has 0 aromatic carbocycles. The van der Waals surface area contributed by atoms with E-state index in [0.29, 0.717) is 31.0 Å². The average Bonchev–Trinajstić information content (AvgIpc) is 2.74. The highest BCUT2D eigenvalue weighted by atomic mass is 32.2. The third kappa shape index (κ3) is 11.2. The maximum absolute atomic E-state index is 13.3. The molecule has 0 aliphatic rings. The van der Waals surface area contributed by atoms with Crippen molar-refractivity contribution in [2.75, 3.05) is 19.6 Å². The van der Waals surface area contributed by atoms with Gasteiger partial charge in [0.15, 0.2) is 0 Å². The summed E-state index contributed by atoms with van der Waals surface area (Å²) >= 11 is 0. The Labute approximate surface area is 192 Å². The lowest BCUT2D eigenvalue weighted by atomic mass is 9.96. The normalized spacial score (nSPS) is 14.2. The third-order valence-corrected chi connectivity index (χ3v) is 6.66. The van der Waals surface area contributed by atoms with Crippen molar-refractivity contribution in [3.8, 4) is 0 Å². The number of rotatable bonds is 17. The number of hydroxylamine groups is 2. The van der Waals surface area contributed by atoms with Crippen molar-refractivity contribution in [3.63, 3.8) is 0 Å². The molecule has 0 rings (SSSR count). The van der Waals surface area contributed by atoms with Gasteiger partial charge in [-0.25, -0.2) is 4.79 Å². The fraction of sp³-hybridized carbons (Fsp3) is 0.955. The first-order valence-corrected chi connectivity index (χ1v) is 13.4. The summed E-state index contributed by atoms with van der Waals surface area (Å²) in [7, 11) is -5.92. The molecule has 2 amide bonds. The summed E-state index contributed by atoms with van der Waals surface area (Å²) in [4.78, 5) is 14.8. The second-order valence-corrected chi connectivity index (χ2v) is 9.97. The van der Waals surface area contributed by atoms with Gasteiger partial charge < -0.3 is 4.90 Å². The summed E-state index contributed by atoms with van der Waals surface area (Å²) in [6.07, 6.45) is 8.35. The van der Waals surface area contributed by atoms with E-state index in [2.05, 4.69) is 18.1 Å². The number of alkyl halides is 3. The number of hydrogen-bond donors (Lipinski definition) is 0. The summed E-state index contributed by atoms with van der Waals surface area (Å²) < 4.78 is 66.4. The molecule has 0 radical (unpaired) electrons. The Balaban J connectivity index is 5.82. The molecule has 0 bridgehead atoms. The van der Waals surface area contributed by atoms with E-state index in [1.54, 1.807) is 6.92 Å². The quantitative estimate of drug-likeness (QED) is 0.168. The molecule has 0 aliphatic carbocycles. The van der Waals surface area contributed by atoms with Crippen molar-refractivity contribution in [1.29, 1.82) is 0 Å². The SMILES string of the molecule is CCCCC(CC)CN(CC(CC)CCCC)C(=O)N(CCCC)OS(=O)(=O)C(F)(F)F. The Morgan fingerprint density at radius 1 is 0.844 bits per heavy atom. The van der Waals surface area contributed by atoms with E-state index in [4.69, 9.17) is 0 Å². The van der Waals surface area contributed by atoms with E-state index in [1.807, 2.05) is 13.8 Å². The fourth-order valence-electron chi connectivity index (χ4n) is 3.47. The van der Waals surface area contributed by atoms with E-state index in [1.165, 1.54) is 4.90 Å². The molecule has 0 saturated heterocycles. The minimum atomic E-state index is -5.92. The zero-order valence-corrected chi connectivity index (χ0v) is 21.2. The van der Waals surface area contributed by atoms with Crippen LogP contribution in [0, 0.1) is 11.8 Å². The van der Waals surface area contributed by atoms with Crippen LogP contribution in [0.15, 0.2) is 0 Å². The largest absolute Gasteiger partial charge is 0.525 e. The van der Waals surface area contributed by atoms with E-state index in [-0.39, 0.29) is 18.4 Å². The number of urea groups is 1. The molecule has 192 valence electrons. The zero-order chi connectivity index (χ0) is 24.8. The lowest BCUT2D eigenvalue weighted by molar-refractivity contribution is -0.0868. The van der Waals surface area contributed by atoms with Crippen molar-refractivity contribution < 1.29 is 30.7 Å². The van der Waals surface area contributed by atoms with Crippen LogP contribution in [-0.2, 0) is 14.4 Å². The Hall–Kier alpha value is -1.03. The van der Waals surface area contributed by atoms with Gasteiger partial charge in [-0.05, 0) is 31.1 Å². The second-order valence-electron chi connectivity index (χ2n) is 8.45. The van der Waals surface area contributed by atoms with Gasteiger partial charge in [-0.2, -0.15) is 26.7 Å². The van der Waals surface area contributed by atoms with Crippen molar-refractivity contribution in [2.45, 2.75) is 104 Å². The number of nitrogens with zero attached hydrogens (tertiary/aromatic N) is 2. The first kappa shape index (κ1) is 31.0. The Kier molecular flexibility index (Phi) is 15.2. The van der Waals surface area contributed by atoms with E-state index < -0.39 is 21.7 Å². The van der Waals surface area contributed by atoms with Crippen LogP contribution in [-0.4, -0.2) is 49.6 Å². The molecule has 0 N–H and O–H groups in total. The molecule has 6 nitrogen and oxygen atoms in total. The number of hydrogen-bond acceptors (Lipinski definition) is 4. The van der Waals surface area contributed by atoms with Crippen LogP contribution in [0.1, 0.15) is 98.8 Å². The molecule has 2 unspecified atom stereocenters. The average molecular weight is 489 g/mol. The molecular formula is C22H43F3N2O4S. The van der Waals surface area contributed by atoms with Gasteiger partial charge in [0, 0.05) is 13.1 Å². The minimum Gasteiger partial charge on any atom is -0.322 e. The molecule has 32 heavy (non-hydrogen) atoms. The molecule has 10 heteroatoms. The highest BCUT2D eigenvalue weighted by Crippen LogP contribution is 2.27. The van der Waals surface area contributed by atoms with Crippen LogP contribution in [0.3, 0.4) is 0 Å². The van der Waals surface area contributed by atoms with Gasteiger partial charge in [0.2, 0.25) is 0 Å². The molecule has 0 aliphatic heterocycles. The maximum atomic E-state index is 13.3. The predicted molar refractivity (Wildman–Crippen MR) is 121 cm³/mol. The van der Waals surface area contributed by atoms with Crippen LogP contribution >= 0.6 is 0 Å². The summed E-state index contributed by atoms with van der Waals surface area (Å²) in [5, 5.41) is 0.394. The Bertz CT molecular complexity index is 597. The standard InChI is InChI=1S/C22H43F3N2O4S/c1-6-11-14-19(9-4)17-26(18-20(10-5)15-12-7-2)21(28)27(16-13-8-3)31-32(29,30)22(23,24)25/h19-20H,6-18H2,1-5H3. The van der Waals surface area contributed by atoms with Gasteiger partial charge in [-0.3, -0.25) is 0 Å². The lowest BCUT2D eigenvalue weighted by Crippen LogP contribution is -2.49.